The molecule has 0 aliphatic heterocycles. The van der Waals surface area contributed by atoms with Crippen molar-refractivity contribution in [1.82, 2.24) is 10.5 Å². The number of carbonyl (C=O) groups excluding carboxylic acids is 1. The van der Waals surface area contributed by atoms with Crippen LogP contribution in [0.5, 0.6) is 5.75 Å². The van der Waals surface area contributed by atoms with E-state index in [2.05, 4.69) is 10.5 Å². The van der Waals surface area contributed by atoms with Crippen LogP contribution in [-0.4, -0.2) is 18.2 Å². The quantitative estimate of drug-likeness (QED) is 0.549. The maximum atomic E-state index is 12.7. The number of para-hydroxylation sites is 1. The molecule has 0 saturated carbocycles. The molecule has 1 amide bonds. The first-order valence-corrected chi connectivity index (χ1v) is 9.02. The maximum Gasteiger partial charge on any atom is 0.251 e. The van der Waals surface area contributed by atoms with Gasteiger partial charge in [0.25, 0.3) is 5.91 Å². The first-order chi connectivity index (χ1) is 13.7. The lowest BCUT2D eigenvalue weighted by molar-refractivity contribution is 0.0951. The van der Waals surface area contributed by atoms with Crippen LogP contribution in [-0.2, 0) is 6.54 Å². The molecule has 4 aromatic rings. The number of fused-ring (bicyclic) bond motifs is 1. The van der Waals surface area contributed by atoms with Crippen molar-refractivity contribution in [2.24, 2.45) is 0 Å². The summed E-state index contributed by atoms with van der Waals surface area (Å²) < 4.78 is 10.9. The number of hydrogen-bond acceptors (Lipinski definition) is 4. The van der Waals surface area contributed by atoms with Crippen molar-refractivity contribution < 1.29 is 14.1 Å². The lowest BCUT2D eigenvalue weighted by Crippen LogP contribution is -2.23. The molecule has 5 nitrogen and oxygen atoms in total. The minimum Gasteiger partial charge on any atom is -0.496 e. The summed E-state index contributed by atoms with van der Waals surface area (Å²) >= 11 is 0. The Bertz CT molecular complexity index is 1130. The summed E-state index contributed by atoms with van der Waals surface area (Å²) in [7, 11) is 1.62. The number of aromatic nitrogens is 1. The molecule has 140 valence electrons. The second kappa shape index (κ2) is 7.56. The van der Waals surface area contributed by atoms with E-state index in [-0.39, 0.29) is 5.91 Å². The van der Waals surface area contributed by atoms with Crippen molar-refractivity contribution in [3.8, 4) is 17.1 Å². The number of nitrogens with zero attached hydrogens (tertiary/aromatic N) is 1. The Kier molecular flexibility index (Phi) is 4.81. The summed E-state index contributed by atoms with van der Waals surface area (Å²) in [5.41, 5.74) is 4.30. The van der Waals surface area contributed by atoms with Gasteiger partial charge in [0, 0.05) is 23.2 Å². The van der Waals surface area contributed by atoms with E-state index in [1.165, 1.54) is 5.56 Å². The number of ether oxygens (including phenoxy) is 1. The Morgan fingerprint density at radius 3 is 2.64 bits per heavy atom. The normalized spacial score (nSPS) is 10.8. The van der Waals surface area contributed by atoms with Gasteiger partial charge in [0.2, 0.25) is 0 Å². The van der Waals surface area contributed by atoms with Crippen LogP contribution < -0.4 is 10.1 Å². The zero-order valence-electron chi connectivity index (χ0n) is 15.7. The number of benzene rings is 3. The summed E-state index contributed by atoms with van der Waals surface area (Å²) in [6, 6.07) is 21.0. The molecule has 0 spiro atoms. The monoisotopic (exact) mass is 372 g/mol. The number of aryl methyl sites for hydroxylation is 1. The Hall–Kier alpha value is -3.60. The Morgan fingerprint density at radius 1 is 1.07 bits per heavy atom. The van der Waals surface area contributed by atoms with Gasteiger partial charge < -0.3 is 14.6 Å². The molecule has 0 atom stereocenters. The predicted molar refractivity (Wildman–Crippen MR) is 108 cm³/mol. The van der Waals surface area contributed by atoms with Gasteiger partial charge in [-0.1, -0.05) is 53.2 Å². The third-order valence-corrected chi connectivity index (χ3v) is 4.68. The van der Waals surface area contributed by atoms with Crippen LogP contribution in [0.2, 0.25) is 0 Å². The average Bonchev–Trinajstić information content (AvgIpc) is 3.16. The fourth-order valence-corrected chi connectivity index (χ4v) is 3.12. The zero-order chi connectivity index (χ0) is 19.5. The summed E-state index contributed by atoms with van der Waals surface area (Å²) in [5.74, 6) is 1.25. The smallest absolute Gasteiger partial charge is 0.251 e. The first kappa shape index (κ1) is 17.8. The highest BCUT2D eigenvalue weighted by Crippen LogP contribution is 2.29. The van der Waals surface area contributed by atoms with Crippen molar-refractivity contribution in [3.05, 3.63) is 83.4 Å². The lowest BCUT2D eigenvalue weighted by Gasteiger charge is -2.09. The molecule has 28 heavy (non-hydrogen) atoms. The average molecular weight is 372 g/mol. The molecule has 3 aromatic carbocycles. The molecule has 0 bridgehead atoms. The molecule has 1 heterocycles. The van der Waals surface area contributed by atoms with Crippen LogP contribution in [0.25, 0.3) is 22.2 Å². The van der Waals surface area contributed by atoms with Crippen LogP contribution >= 0.6 is 0 Å². The molecule has 0 aliphatic rings. The van der Waals surface area contributed by atoms with Crippen molar-refractivity contribution in [2.45, 2.75) is 13.5 Å². The van der Waals surface area contributed by atoms with E-state index in [9.17, 15) is 4.79 Å². The lowest BCUT2D eigenvalue weighted by atomic mass is 10.0. The third-order valence-electron chi connectivity index (χ3n) is 4.68. The molecule has 0 saturated heterocycles. The number of methoxy groups -OCH3 is 1. The van der Waals surface area contributed by atoms with Gasteiger partial charge in [-0.15, -0.1) is 0 Å². The Morgan fingerprint density at radius 2 is 1.86 bits per heavy atom. The van der Waals surface area contributed by atoms with Crippen LogP contribution in [0.4, 0.5) is 0 Å². The molecule has 4 rings (SSSR count). The van der Waals surface area contributed by atoms with Crippen molar-refractivity contribution in [3.63, 3.8) is 0 Å². The SMILES string of the molecule is COc1ccccc1CNC(=O)c1ccc2noc(-c3ccc(C)cc3)c2c1. The highest BCUT2D eigenvalue weighted by Gasteiger charge is 2.14. The summed E-state index contributed by atoms with van der Waals surface area (Å²) in [6.07, 6.45) is 0. The molecule has 5 heteroatoms. The van der Waals surface area contributed by atoms with E-state index in [0.717, 1.165) is 27.8 Å². The predicted octanol–water partition coefficient (Wildman–Crippen LogP) is 4.74. The standard InChI is InChI=1S/C23H20N2O3/c1-15-7-9-16(10-8-15)22-19-13-17(11-12-20(19)25-28-22)23(26)24-14-18-5-3-4-6-21(18)27-2/h3-13H,14H2,1-2H3,(H,24,26). The number of rotatable bonds is 5. The van der Waals surface area contributed by atoms with Gasteiger partial charge in [-0.2, -0.15) is 0 Å². The van der Waals surface area contributed by atoms with Gasteiger partial charge in [-0.3, -0.25) is 4.79 Å². The second-order valence-corrected chi connectivity index (χ2v) is 6.60. The fourth-order valence-electron chi connectivity index (χ4n) is 3.12. The highest BCUT2D eigenvalue weighted by molar-refractivity contribution is 6.01. The van der Waals surface area contributed by atoms with Crippen LogP contribution in [0, 0.1) is 6.92 Å². The van der Waals surface area contributed by atoms with Crippen LogP contribution in [0.1, 0.15) is 21.5 Å². The molecule has 1 aromatic heterocycles. The molecule has 0 aliphatic carbocycles. The minimum absolute atomic E-state index is 0.163. The minimum atomic E-state index is -0.163. The molecule has 1 N–H and O–H groups in total. The first-order valence-electron chi connectivity index (χ1n) is 9.02. The Balaban J connectivity index is 1.59. The zero-order valence-corrected chi connectivity index (χ0v) is 15.7. The van der Waals surface area contributed by atoms with E-state index in [0.29, 0.717) is 17.9 Å². The second-order valence-electron chi connectivity index (χ2n) is 6.60. The molecular weight excluding hydrogens is 352 g/mol. The maximum absolute atomic E-state index is 12.7. The summed E-state index contributed by atoms with van der Waals surface area (Å²) in [4.78, 5) is 12.7. The Labute approximate surface area is 162 Å². The van der Waals surface area contributed by atoms with Crippen molar-refractivity contribution in [1.29, 1.82) is 0 Å². The number of carbonyl (C=O) groups is 1. The van der Waals surface area contributed by atoms with E-state index in [4.69, 9.17) is 9.26 Å². The third kappa shape index (κ3) is 3.47. The van der Waals surface area contributed by atoms with Gasteiger partial charge in [0.15, 0.2) is 5.76 Å². The number of nitrogens with one attached hydrogen (secondary N) is 1. The van der Waals surface area contributed by atoms with E-state index < -0.39 is 0 Å². The van der Waals surface area contributed by atoms with E-state index in [1.54, 1.807) is 19.2 Å². The van der Waals surface area contributed by atoms with Crippen molar-refractivity contribution >= 4 is 16.8 Å². The molecule has 0 radical (unpaired) electrons. The van der Waals surface area contributed by atoms with Gasteiger partial charge in [0.05, 0.1) is 12.5 Å². The van der Waals surface area contributed by atoms with E-state index >= 15 is 0 Å². The van der Waals surface area contributed by atoms with Gasteiger partial charge in [0.1, 0.15) is 11.3 Å². The molecule has 0 unspecified atom stereocenters. The van der Waals surface area contributed by atoms with E-state index in [1.807, 2.05) is 61.5 Å². The van der Waals surface area contributed by atoms with Gasteiger partial charge in [-0.05, 0) is 31.2 Å². The summed E-state index contributed by atoms with van der Waals surface area (Å²) in [5, 5.41) is 7.87. The van der Waals surface area contributed by atoms with Crippen molar-refractivity contribution in [2.75, 3.05) is 7.11 Å². The van der Waals surface area contributed by atoms with Crippen LogP contribution in [0.3, 0.4) is 0 Å². The molecular formula is C23H20N2O3. The summed E-state index contributed by atoms with van der Waals surface area (Å²) in [6.45, 7) is 2.42. The topological polar surface area (TPSA) is 64.4 Å². The van der Waals surface area contributed by atoms with Gasteiger partial charge in [-0.25, -0.2) is 0 Å². The molecule has 0 fully saturated rings. The number of hydrogen-bond donors (Lipinski definition) is 1. The largest absolute Gasteiger partial charge is 0.496 e. The number of amides is 1. The van der Waals surface area contributed by atoms with Gasteiger partial charge >= 0.3 is 0 Å². The fraction of sp³-hybridized carbons (Fsp3) is 0.130. The van der Waals surface area contributed by atoms with Crippen LogP contribution in [0.15, 0.2) is 71.3 Å². The highest BCUT2D eigenvalue weighted by atomic mass is 16.5.